The predicted molar refractivity (Wildman–Crippen MR) is 95.9 cm³/mol. The highest BCUT2D eigenvalue weighted by Crippen LogP contribution is 2.23. The molecule has 7 nitrogen and oxygen atoms in total. The van der Waals surface area contributed by atoms with E-state index in [1.165, 1.54) is 6.07 Å². The number of rotatable bonds is 5. The Kier molecular flexibility index (Phi) is 6.11. The second-order valence-electron chi connectivity index (χ2n) is 5.01. The summed E-state index contributed by atoms with van der Waals surface area (Å²) in [5.41, 5.74) is 0.697. The van der Waals surface area contributed by atoms with Crippen molar-refractivity contribution in [3.05, 3.63) is 67.1 Å². The third kappa shape index (κ3) is 5.01. The molecular weight excluding hydrogens is 416 g/mol. The summed E-state index contributed by atoms with van der Waals surface area (Å²) in [5.74, 6) is -1.57. The third-order valence-electron chi connectivity index (χ3n) is 3.15. The quantitative estimate of drug-likeness (QED) is 0.440. The van der Waals surface area contributed by atoms with Crippen LogP contribution in [0.4, 0.5) is 11.4 Å². The van der Waals surface area contributed by atoms with Crippen molar-refractivity contribution in [2.75, 3.05) is 11.9 Å². The van der Waals surface area contributed by atoms with E-state index < -0.39 is 29.1 Å². The van der Waals surface area contributed by atoms with Crippen molar-refractivity contribution in [1.29, 1.82) is 0 Å². The van der Waals surface area contributed by atoms with Crippen LogP contribution < -0.4 is 5.32 Å². The summed E-state index contributed by atoms with van der Waals surface area (Å²) in [6, 6.07) is 8.71. The van der Waals surface area contributed by atoms with Gasteiger partial charge in [0, 0.05) is 21.2 Å². The first-order valence-corrected chi connectivity index (χ1v) is 8.12. The van der Waals surface area contributed by atoms with Gasteiger partial charge in [0.25, 0.3) is 11.6 Å². The first-order valence-electron chi connectivity index (χ1n) is 6.95. The van der Waals surface area contributed by atoms with Crippen LogP contribution in [0.1, 0.15) is 15.9 Å². The van der Waals surface area contributed by atoms with Crippen LogP contribution in [0.2, 0.25) is 5.02 Å². The summed E-state index contributed by atoms with van der Waals surface area (Å²) in [6.07, 6.45) is 0. The van der Waals surface area contributed by atoms with E-state index in [2.05, 4.69) is 21.2 Å². The van der Waals surface area contributed by atoms with Crippen LogP contribution in [0.15, 0.2) is 40.9 Å². The van der Waals surface area contributed by atoms with Crippen LogP contribution in [0.25, 0.3) is 0 Å². The van der Waals surface area contributed by atoms with Crippen molar-refractivity contribution in [3.63, 3.8) is 0 Å². The third-order valence-corrected chi connectivity index (χ3v) is 4.28. The van der Waals surface area contributed by atoms with E-state index in [0.29, 0.717) is 5.69 Å². The van der Waals surface area contributed by atoms with Crippen molar-refractivity contribution >= 4 is 50.8 Å². The number of benzene rings is 2. The lowest BCUT2D eigenvalue weighted by Crippen LogP contribution is -2.21. The van der Waals surface area contributed by atoms with E-state index in [1.807, 2.05) is 6.92 Å². The first kappa shape index (κ1) is 18.9. The van der Waals surface area contributed by atoms with E-state index in [4.69, 9.17) is 16.3 Å². The zero-order valence-corrected chi connectivity index (χ0v) is 15.3. The van der Waals surface area contributed by atoms with Crippen LogP contribution in [0.5, 0.6) is 0 Å². The van der Waals surface area contributed by atoms with Gasteiger partial charge < -0.3 is 10.1 Å². The summed E-state index contributed by atoms with van der Waals surface area (Å²) in [4.78, 5) is 34.1. The molecule has 0 fully saturated rings. The van der Waals surface area contributed by atoms with Crippen LogP contribution in [0.3, 0.4) is 0 Å². The highest BCUT2D eigenvalue weighted by atomic mass is 79.9. The molecule has 0 aromatic heterocycles. The number of nitrogens with one attached hydrogen (secondary N) is 1. The van der Waals surface area contributed by atoms with Gasteiger partial charge in [-0.25, -0.2) is 4.79 Å². The van der Waals surface area contributed by atoms with Gasteiger partial charge >= 0.3 is 5.97 Å². The molecule has 9 heteroatoms. The molecule has 0 saturated carbocycles. The molecule has 25 heavy (non-hydrogen) atoms. The van der Waals surface area contributed by atoms with Crippen LogP contribution in [-0.2, 0) is 9.53 Å². The van der Waals surface area contributed by atoms with Gasteiger partial charge in [-0.1, -0.05) is 27.5 Å². The summed E-state index contributed by atoms with van der Waals surface area (Å²) < 4.78 is 5.73. The number of hydrogen-bond acceptors (Lipinski definition) is 5. The Morgan fingerprint density at radius 1 is 1.28 bits per heavy atom. The number of nitro groups is 1. The second kappa shape index (κ2) is 8.09. The minimum atomic E-state index is -1.00. The maximum atomic E-state index is 12.0. The highest BCUT2D eigenvalue weighted by Gasteiger charge is 2.22. The van der Waals surface area contributed by atoms with Crippen LogP contribution in [0, 0.1) is 17.0 Å². The Balaban J connectivity index is 2.02. The molecule has 1 N–H and O–H groups in total. The number of ether oxygens (including phenoxy) is 1. The van der Waals surface area contributed by atoms with E-state index in [1.54, 1.807) is 18.2 Å². The van der Waals surface area contributed by atoms with Gasteiger partial charge in [-0.2, -0.15) is 0 Å². The molecule has 2 aromatic carbocycles. The van der Waals surface area contributed by atoms with Gasteiger partial charge in [0.05, 0.1) is 4.92 Å². The Hall–Kier alpha value is -2.45. The van der Waals surface area contributed by atoms with Crippen molar-refractivity contribution in [1.82, 2.24) is 0 Å². The maximum Gasteiger partial charge on any atom is 0.345 e. The Bertz CT molecular complexity index is 856. The van der Waals surface area contributed by atoms with E-state index in [9.17, 15) is 19.7 Å². The van der Waals surface area contributed by atoms with Gasteiger partial charge in [-0.3, -0.25) is 14.9 Å². The SMILES string of the molecule is Cc1cc(NC(=O)COC(=O)c2cc(Cl)ccc2[N+](=O)[O-])ccc1Br. The summed E-state index contributed by atoms with van der Waals surface area (Å²) in [7, 11) is 0. The number of esters is 1. The summed E-state index contributed by atoms with van der Waals surface area (Å²) in [5, 5.41) is 13.7. The molecule has 0 saturated heterocycles. The highest BCUT2D eigenvalue weighted by molar-refractivity contribution is 9.10. The molecule has 0 bridgehead atoms. The van der Waals surface area contributed by atoms with Crippen molar-refractivity contribution in [3.8, 4) is 0 Å². The lowest BCUT2D eigenvalue weighted by molar-refractivity contribution is -0.385. The summed E-state index contributed by atoms with van der Waals surface area (Å²) in [6.45, 7) is 1.27. The molecular formula is C16H12BrClN2O5. The molecule has 2 rings (SSSR count). The molecule has 0 aliphatic rings. The molecule has 0 aliphatic carbocycles. The number of amides is 1. The lowest BCUT2D eigenvalue weighted by Gasteiger charge is -2.08. The normalized spacial score (nSPS) is 10.2. The number of carbonyl (C=O) groups is 2. The Morgan fingerprint density at radius 2 is 2.00 bits per heavy atom. The molecule has 0 atom stereocenters. The average Bonchev–Trinajstić information content (AvgIpc) is 2.55. The zero-order valence-electron chi connectivity index (χ0n) is 12.9. The molecule has 2 aromatic rings. The number of aryl methyl sites for hydroxylation is 1. The largest absolute Gasteiger partial charge is 0.452 e. The molecule has 0 unspecified atom stereocenters. The van der Waals surface area contributed by atoms with Gasteiger partial charge in [0.15, 0.2) is 6.61 Å². The number of anilines is 1. The van der Waals surface area contributed by atoms with Crippen molar-refractivity contribution < 1.29 is 19.2 Å². The zero-order chi connectivity index (χ0) is 18.6. The summed E-state index contributed by atoms with van der Waals surface area (Å²) >= 11 is 9.10. The number of nitro benzene ring substituents is 1. The number of carbonyl (C=O) groups excluding carboxylic acids is 2. The van der Waals surface area contributed by atoms with Crippen LogP contribution in [-0.4, -0.2) is 23.4 Å². The average molecular weight is 428 g/mol. The monoisotopic (exact) mass is 426 g/mol. The van der Waals surface area contributed by atoms with Crippen molar-refractivity contribution in [2.24, 2.45) is 0 Å². The molecule has 0 spiro atoms. The standard InChI is InChI=1S/C16H12BrClN2O5/c1-9-6-11(3-4-13(9)17)19-15(21)8-25-16(22)12-7-10(18)2-5-14(12)20(23)24/h2-7H,8H2,1H3,(H,19,21). The molecule has 0 heterocycles. The molecule has 0 radical (unpaired) electrons. The van der Waals surface area contributed by atoms with E-state index in [-0.39, 0.29) is 10.6 Å². The smallest absolute Gasteiger partial charge is 0.345 e. The van der Waals surface area contributed by atoms with Crippen molar-refractivity contribution in [2.45, 2.75) is 6.92 Å². The van der Waals surface area contributed by atoms with Gasteiger partial charge in [0.2, 0.25) is 0 Å². The second-order valence-corrected chi connectivity index (χ2v) is 6.30. The fourth-order valence-corrected chi connectivity index (χ4v) is 2.38. The minimum absolute atomic E-state index is 0.146. The van der Waals surface area contributed by atoms with Gasteiger partial charge in [0.1, 0.15) is 5.56 Å². The number of halogens is 2. The minimum Gasteiger partial charge on any atom is -0.452 e. The van der Waals surface area contributed by atoms with Crippen LogP contribution >= 0.6 is 27.5 Å². The molecule has 0 aliphatic heterocycles. The predicted octanol–water partition coefficient (Wildman–Crippen LogP) is 4.11. The Labute approximate surface area is 156 Å². The lowest BCUT2D eigenvalue weighted by atomic mass is 10.2. The molecule has 130 valence electrons. The van der Waals surface area contributed by atoms with E-state index in [0.717, 1.165) is 22.2 Å². The molecule has 1 amide bonds. The maximum absolute atomic E-state index is 12.0. The topological polar surface area (TPSA) is 98.5 Å². The Morgan fingerprint density at radius 3 is 2.64 bits per heavy atom. The fourth-order valence-electron chi connectivity index (χ4n) is 1.96. The fraction of sp³-hybridized carbons (Fsp3) is 0.125. The first-order chi connectivity index (χ1) is 11.8. The number of nitrogens with zero attached hydrogens (tertiary/aromatic N) is 1. The van der Waals surface area contributed by atoms with E-state index >= 15 is 0 Å². The van der Waals surface area contributed by atoms with Gasteiger partial charge in [-0.05, 0) is 42.8 Å². The number of hydrogen-bond donors (Lipinski definition) is 1. The van der Waals surface area contributed by atoms with Gasteiger partial charge in [-0.15, -0.1) is 0 Å².